The largest absolute Gasteiger partial charge is 0.451 e. The Morgan fingerprint density at radius 3 is 2.47 bits per heavy atom. The van der Waals surface area contributed by atoms with E-state index in [1.54, 1.807) is 19.2 Å². The zero-order chi connectivity index (χ0) is 23.1. The van der Waals surface area contributed by atoms with Gasteiger partial charge in [0.25, 0.3) is 5.91 Å². The average molecular weight is 440 g/mol. The molecule has 1 fully saturated rings. The fraction of sp³-hybridized carbons (Fsp3) is 0.480. The van der Waals surface area contributed by atoms with Crippen LogP contribution in [-0.4, -0.2) is 30.8 Å². The molecule has 1 aliphatic rings. The van der Waals surface area contributed by atoms with E-state index in [2.05, 4.69) is 16.0 Å². The van der Waals surface area contributed by atoms with Crippen molar-refractivity contribution in [1.29, 1.82) is 0 Å². The number of carbonyl (C=O) groups is 3. The molecule has 0 bridgehead atoms. The van der Waals surface area contributed by atoms with Gasteiger partial charge >= 0.3 is 0 Å². The van der Waals surface area contributed by atoms with Crippen LogP contribution >= 0.6 is 0 Å². The quantitative estimate of drug-likeness (QED) is 0.585. The smallest absolute Gasteiger partial charge is 0.287 e. The number of nitrogens with one attached hydrogen (secondary N) is 3. The first-order chi connectivity index (χ1) is 15.4. The molecule has 3 amide bonds. The molecular weight excluding hydrogens is 406 g/mol. The molecule has 1 atom stereocenters. The van der Waals surface area contributed by atoms with Crippen molar-refractivity contribution in [2.75, 3.05) is 7.05 Å². The molecule has 0 spiro atoms. The summed E-state index contributed by atoms with van der Waals surface area (Å²) in [6.45, 7) is 4.13. The van der Waals surface area contributed by atoms with E-state index in [4.69, 9.17) is 4.42 Å². The zero-order valence-electron chi connectivity index (χ0n) is 19.1. The van der Waals surface area contributed by atoms with E-state index in [1.165, 1.54) is 6.42 Å². The highest BCUT2D eigenvalue weighted by Crippen LogP contribution is 2.27. The van der Waals surface area contributed by atoms with Crippen LogP contribution in [0.25, 0.3) is 11.3 Å². The minimum Gasteiger partial charge on any atom is -0.451 e. The minimum atomic E-state index is -0.561. The molecule has 1 saturated carbocycles. The monoisotopic (exact) mass is 439 g/mol. The summed E-state index contributed by atoms with van der Waals surface area (Å²) < 4.78 is 5.82. The van der Waals surface area contributed by atoms with Crippen molar-refractivity contribution in [3.05, 3.63) is 47.7 Å². The molecule has 0 saturated heterocycles. The van der Waals surface area contributed by atoms with Gasteiger partial charge in [-0.2, -0.15) is 0 Å². The Morgan fingerprint density at radius 2 is 1.78 bits per heavy atom. The molecule has 1 aromatic carbocycles. The van der Waals surface area contributed by atoms with E-state index in [0.29, 0.717) is 12.3 Å². The summed E-state index contributed by atoms with van der Waals surface area (Å²) >= 11 is 0. The van der Waals surface area contributed by atoms with E-state index in [-0.39, 0.29) is 29.4 Å². The highest BCUT2D eigenvalue weighted by atomic mass is 16.4. The van der Waals surface area contributed by atoms with Gasteiger partial charge in [-0.3, -0.25) is 14.4 Å². The number of hydrogen-bond donors (Lipinski definition) is 3. The average Bonchev–Trinajstić information content (AvgIpc) is 3.31. The fourth-order valence-corrected chi connectivity index (χ4v) is 4.08. The second-order valence-corrected chi connectivity index (χ2v) is 8.70. The predicted octanol–water partition coefficient (Wildman–Crippen LogP) is 3.64. The van der Waals surface area contributed by atoms with Gasteiger partial charge in [0, 0.05) is 25.1 Å². The van der Waals surface area contributed by atoms with Crippen LogP contribution in [-0.2, 0) is 16.1 Å². The van der Waals surface area contributed by atoms with Crippen LogP contribution in [0, 0.1) is 11.8 Å². The van der Waals surface area contributed by atoms with Crippen molar-refractivity contribution in [2.24, 2.45) is 11.8 Å². The van der Waals surface area contributed by atoms with Crippen molar-refractivity contribution in [1.82, 2.24) is 16.0 Å². The van der Waals surface area contributed by atoms with Crippen LogP contribution < -0.4 is 16.0 Å². The lowest BCUT2D eigenvalue weighted by atomic mass is 9.83. The topological polar surface area (TPSA) is 100 Å². The molecule has 3 rings (SSSR count). The number of benzene rings is 1. The van der Waals surface area contributed by atoms with E-state index >= 15 is 0 Å². The van der Waals surface area contributed by atoms with Crippen LogP contribution in [0.3, 0.4) is 0 Å². The standard InChI is InChI=1S/C25H33N3O4/c1-16(2)23(29)27-15-17-8-7-11-19(14-17)20-12-13-21(32-20)24(30)28-22(25(31)26-3)18-9-5-4-6-10-18/h7-8,11-14,16,18,22H,4-6,9-10,15H2,1-3H3,(H,26,31)(H,27,29)(H,28,30). The van der Waals surface area contributed by atoms with E-state index in [9.17, 15) is 14.4 Å². The molecule has 32 heavy (non-hydrogen) atoms. The first kappa shape index (κ1) is 23.6. The Labute approximate surface area is 189 Å². The molecule has 1 unspecified atom stereocenters. The second-order valence-electron chi connectivity index (χ2n) is 8.70. The fourth-order valence-electron chi connectivity index (χ4n) is 4.08. The highest BCUT2D eigenvalue weighted by Gasteiger charge is 2.31. The third kappa shape index (κ3) is 5.99. The molecule has 172 valence electrons. The summed E-state index contributed by atoms with van der Waals surface area (Å²) in [6, 6.07) is 10.4. The first-order valence-corrected chi connectivity index (χ1v) is 11.4. The molecule has 7 nitrogen and oxygen atoms in total. The van der Waals surface area contributed by atoms with Gasteiger partial charge in [-0.25, -0.2) is 0 Å². The van der Waals surface area contributed by atoms with Gasteiger partial charge in [-0.05, 0) is 42.5 Å². The van der Waals surface area contributed by atoms with Crippen LogP contribution in [0.15, 0.2) is 40.8 Å². The van der Waals surface area contributed by atoms with Gasteiger partial charge in [0.05, 0.1) is 0 Å². The Kier molecular flexibility index (Phi) is 8.09. The molecule has 1 heterocycles. The minimum absolute atomic E-state index is 0.00371. The Hall–Kier alpha value is -3.09. The lowest BCUT2D eigenvalue weighted by molar-refractivity contribution is -0.124. The summed E-state index contributed by atoms with van der Waals surface area (Å²) in [6.07, 6.45) is 5.19. The summed E-state index contributed by atoms with van der Waals surface area (Å²) in [5.74, 6) is 0.223. The number of amides is 3. The molecule has 3 N–H and O–H groups in total. The third-order valence-electron chi connectivity index (χ3n) is 5.97. The van der Waals surface area contributed by atoms with E-state index < -0.39 is 11.9 Å². The number of rotatable bonds is 8. The molecule has 0 radical (unpaired) electrons. The third-order valence-corrected chi connectivity index (χ3v) is 5.97. The van der Waals surface area contributed by atoms with Gasteiger partial charge in [-0.15, -0.1) is 0 Å². The van der Waals surface area contributed by atoms with Gasteiger partial charge in [0.2, 0.25) is 11.8 Å². The maximum Gasteiger partial charge on any atom is 0.287 e. The maximum atomic E-state index is 12.8. The normalized spacial score (nSPS) is 15.2. The van der Waals surface area contributed by atoms with Crippen LogP contribution in [0.4, 0.5) is 0 Å². The lowest BCUT2D eigenvalue weighted by Gasteiger charge is -2.29. The van der Waals surface area contributed by atoms with Gasteiger partial charge in [0.15, 0.2) is 5.76 Å². The predicted molar refractivity (Wildman–Crippen MR) is 123 cm³/mol. The molecular formula is C25H33N3O4. The molecule has 1 aliphatic carbocycles. The summed E-state index contributed by atoms with van der Waals surface area (Å²) in [5, 5.41) is 8.45. The summed E-state index contributed by atoms with van der Waals surface area (Å²) in [7, 11) is 1.59. The van der Waals surface area contributed by atoms with Crippen molar-refractivity contribution in [2.45, 2.75) is 58.5 Å². The van der Waals surface area contributed by atoms with E-state index in [0.717, 1.165) is 36.8 Å². The first-order valence-electron chi connectivity index (χ1n) is 11.4. The van der Waals surface area contributed by atoms with Crippen LogP contribution in [0.1, 0.15) is 62.1 Å². The maximum absolute atomic E-state index is 12.8. The Bertz CT molecular complexity index is 944. The molecule has 7 heteroatoms. The number of carbonyl (C=O) groups excluding carboxylic acids is 3. The van der Waals surface area contributed by atoms with Crippen molar-refractivity contribution >= 4 is 17.7 Å². The summed E-state index contributed by atoms with van der Waals surface area (Å²) in [4.78, 5) is 37.1. The van der Waals surface area contributed by atoms with Gasteiger partial charge < -0.3 is 20.4 Å². The lowest BCUT2D eigenvalue weighted by Crippen LogP contribution is -2.50. The molecule has 0 aliphatic heterocycles. The molecule has 2 aromatic rings. The van der Waals surface area contributed by atoms with Crippen LogP contribution in [0.2, 0.25) is 0 Å². The molecule has 1 aromatic heterocycles. The van der Waals surface area contributed by atoms with Crippen molar-refractivity contribution in [3.63, 3.8) is 0 Å². The van der Waals surface area contributed by atoms with Gasteiger partial charge in [-0.1, -0.05) is 51.3 Å². The van der Waals surface area contributed by atoms with Crippen molar-refractivity contribution in [3.8, 4) is 11.3 Å². The second kappa shape index (κ2) is 11.0. The highest BCUT2D eigenvalue weighted by molar-refractivity contribution is 5.96. The number of furan rings is 1. The van der Waals surface area contributed by atoms with E-state index in [1.807, 2.05) is 38.1 Å². The SMILES string of the molecule is CNC(=O)C(NC(=O)c1ccc(-c2cccc(CNC(=O)C(C)C)c2)o1)C1CCCCC1. The number of likely N-dealkylation sites (N-methyl/N-ethyl adjacent to an activating group) is 1. The zero-order valence-corrected chi connectivity index (χ0v) is 19.1. The van der Waals surface area contributed by atoms with Crippen molar-refractivity contribution < 1.29 is 18.8 Å². The number of hydrogen-bond acceptors (Lipinski definition) is 4. The van der Waals surface area contributed by atoms with Gasteiger partial charge in [0.1, 0.15) is 11.8 Å². The summed E-state index contributed by atoms with van der Waals surface area (Å²) in [5.41, 5.74) is 1.76. The van der Waals surface area contributed by atoms with Crippen LogP contribution in [0.5, 0.6) is 0 Å². The Balaban J connectivity index is 1.69. The Morgan fingerprint density at radius 1 is 1.03 bits per heavy atom.